The number of nitrogens with zero attached hydrogens (tertiary/aromatic N) is 1. The maximum absolute atomic E-state index is 11.6. The third kappa shape index (κ3) is 5.28. The molecule has 1 N–H and O–H groups in total. The minimum Gasteiger partial charge on any atom is -0.380 e. The summed E-state index contributed by atoms with van der Waals surface area (Å²) in [6, 6.07) is 0. The molecule has 1 saturated heterocycles. The Morgan fingerprint density at radius 1 is 1.38 bits per heavy atom. The van der Waals surface area contributed by atoms with Crippen molar-refractivity contribution in [3.63, 3.8) is 0 Å². The van der Waals surface area contributed by atoms with Crippen LogP contribution in [0.4, 0.5) is 0 Å². The predicted molar refractivity (Wildman–Crippen MR) is 64.3 cm³/mol. The van der Waals surface area contributed by atoms with Gasteiger partial charge in [-0.15, -0.1) is 6.58 Å². The Kier molecular flexibility index (Phi) is 6.85. The van der Waals surface area contributed by atoms with E-state index in [1.54, 1.807) is 0 Å². The van der Waals surface area contributed by atoms with Crippen molar-refractivity contribution >= 4 is 5.91 Å². The number of carbonyl (C=O) groups excluding carboxylic acids is 1. The molecule has 0 radical (unpaired) electrons. The highest BCUT2D eigenvalue weighted by molar-refractivity contribution is 5.78. The van der Waals surface area contributed by atoms with Crippen LogP contribution in [0.5, 0.6) is 0 Å². The van der Waals surface area contributed by atoms with Crippen LogP contribution in [0.3, 0.4) is 0 Å². The molecule has 1 aliphatic heterocycles. The number of hydrogen-bond acceptors (Lipinski definition) is 3. The van der Waals surface area contributed by atoms with E-state index in [0.717, 1.165) is 38.9 Å². The molecule has 1 aliphatic rings. The van der Waals surface area contributed by atoms with Gasteiger partial charge in [0.25, 0.3) is 0 Å². The van der Waals surface area contributed by atoms with Crippen molar-refractivity contribution in [1.29, 1.82) is 0 Å². The number of ether oxygens (including phenoxy) is 1. The Balaban J connectivity index is 1.90. The first-order valence-electron chi connectivity index (χ1n) is 6.01. The van der Waals surface area contributed by atoms with E-state index in [4.69, 9.17) is 4.74 Å². The van der Waals surface area contributed by atoms with Gasteiger partial charge in [0.2, 0.25) is 5.91 Å². The Bertz CT molecular complexity index is 213. The smallest absolute Gasteiger partial charge is 0.236 e. The van der Waals surface area contributed by atoms with Crippen LogP contribution in [-0.4, -0.2) is 50.2 Å². The largest absolute Gasteiger partial charge is 0.380 e. The van der Waals surface area contributed by atoms with Crippen molar-refractivity contribution in [2.24, 2.45) is 0 Å². The SMILES string of the molecule is C=CCCOCCNCC(=O)N1CCCC1. The van der Waals surface area contributed by atoms with Gasteiger partial charge in [-0.1, -0.05) is 6.08 Å². The summed E-state index contributed by atoms with van der Waals surface area (Å²) in [4.78, 5) is 13.5. The minimum absolute atomic E-state index is 0.212. The van der Waals surface area contributed by atoms with E-state index in [1.807, 2.05) is 11.0 Å². The molecule has 0 bridgehead atoms. The molecule has 0 aromatic heterocycles. The highest BCUT2D eigenvalue weighted by Crippen LogP contribution is 2.06. The van der Waals surface area contributed by atoms with Crippen molar-refractivity contribution in [1.82, 2.24) is 10.2 Å². The van der Waals surface area contributed by atoms with E-state index >= 15 is 0 Å². The van der Waals surface area contributed by atoms with Crippen molar-refractivity contribution < 1.29 is 9.53 Å². The zero-order chi connectivity index (χ0) is 11.6. The molecule has 0 aromatic rings. The molecule has 0 aliphatic carbocycles. The zero-order valence-electron chi connectivity index (χ0n) is 9.91. The quantitative estimate of drug-likeness (QED) is 0.491. The first-order valence-corrected chi connectivity index (χ1v) is 6.01. The molecular weight excluding hydrogens is 204 g/mol. The fraction of sp³-hybridized carbons (Fsp3) is 0.750. The summed E-state index contributed by atoms with van der Waals surface area (Å²) in [5.74, 6) is 0.212. The first-order chi connectivity index (χ1) is 7.84. The number of nitrogens with one attached hydrogen (secondary N) is 1. The van der Waals surface area contributed by atoms with Crippen LogP contribution in [0, 0.1) is 0 Å². The van der Waals surface area contributed by atoms with Crippen LogP contribution < -0.4 is 5.32 Å². The van der Waals surface area contributed by atoms with Gasteiger partial charge >= 0.3 is 0 Å². The van der Waals surface area contributed by atoms with Crippen molar-refractivity contribution in [2.75, 3.05) is 39.4 Å². The fourth-order valence-electron chi connectivity index (χ4n) is 1.69. The topological polar surface area (TPSA) is 41.6 Å². The van der Waals surface area contributed by atoms with Gasteiger partial charge in [-0.3, -0.25) is 4.79 Å². The molecule has 4 nitrogen and oxygen atoms in total. The van der Waals surface area contributed by atoms with Gasteiger partial charge in [-0.05, 0) is 19.3 Å². The monoisotopic (exact) mass is 226 g/mol. The minimum atomic E-state index is 0.212. The van der Waals surface area contributed by atoms with E-state index in [1.165, 1.54) is 0 Å². The van der Waals surface area contributed by atoms with Crippen molar-refractivity contribution in [3.05, 3.63) is 12.7 Å². The third-order valence-electron chi connectivity index (χ3n) is 2.62. The second-order valence-corrected chi connectivity index (χ2v) is 3.95. The van der Waals surface area contributed by atoms with E-state index in [0.29, 0.717) is 19.8 Å². The molecule has 0 spiro atoms. The van der Waals surface area contributed by atoms with E-state index in [-0.39, 0.29) is 5.91 Å². The van der Waals surface area contributed by atoms with E-state index < -0.39 is 0 Å². The number of amides is 1. The molecule has 4 heteroatoms. The molecule has 0 atom stereocenters. The first kappa shape index (κ1) is 13.2. The predicted octanol–water partition coefficient (Wildman–Crippen LogP) is 0.791. The van der Waals surface area contributed by atoms with Crippen molar-refractivity contribution in [3.8, 4) is 0 Å². The third-order valence-corrected chi connectivity index (χ3v) is 2.62. The standard InChI is InChI=1S/C12H22N2O2/c1-2-3-9-16-10-6-13-11-12(15)14-7-4-5-8-14/h2,13H,1,3-11H2. The Morgan fingerprint density at radius 2 is 2.12 bits per heavy atom. The van der Waals surface area contributed by atoms with Gasteiger partial charge in [0.05, 0.1) is 19.8 Å². The summed E-state index contributed by atoms with van der Waals surface area (Å²) < 4.78 is 5.32. The lowest BCUT2D eigenvalue weighted by Gasteiger charge is -2.15. The fourth-order valence-corrected chi connectivity index (χ4v) is 1.69. The lowest BCUT2D eigenvalue weighted by Crippen LogP contribution is -2.37. The lowest BCUT2D eigenvalue weighted by molar-refractivity contribution is -0.129. The van der Waals surface area contributed by atoms with Crippen LogP contribution in [0.2, 0.25) is 0 Å². The molecule has 1 fully saturated rings. The molecule has 0 unspecified atom stereocenters. The molecule has 16 heavy (non-hydrogen) atoms. The number of likely N-dealkylation sites (tertiary alicyclic amines) is 1. The average molecular weight is 226 g/mol. The van der Waals surface area contributed by atoms with Gasteiger partial charge in [-0.25, -0.2) is 0 Å². The highest BCUT2D eigenvalue weighted by Gasteiger charge is 2.16. The Labute approximate surface area is 97.6 Å². The summed E-state index contributed by atoms with van der Waals surface area (Å²) >= 11 is 0. The van der Waals surface area contributed by atoms with Crippen LogP contribution >= 0.6 is 0 Å². The second-order valence-electron chi connectivity index (χ2n) is 3.95. The molecule has 0 aromatic carbocycles. The van der Waals surface area contributed by atoms with Gasteiger partial charge in [-0.2, -0.15) is 0 Å². The Hall–Kier alpha value is -0.870. The van der Waals surface area contributed by atoms with Gasteiger partial charge in [0.15, 0.2) is 0 Å². The Morgan fingerprint density at radius 3 is 2.81 bits per heavy atom. The van der Waals surface area contributed by atoms with E-state index in [9.17, 15) is 4.79 Å². The number of carbonyl (C=O) groups is 1. The van der Waals surface area contributed by atoms with Gasteiger partial charge in [0.1, 0.15) is 0 Å². The van der Waals surface area contributed by atoms with Gasteiger partial charge < -0.3 is 15.0 Å². The summed E-state index contributed by atoms with van der Waals surface area (Å²) in [5, 5.41) is 3.10. The summed E-state index contributed by atoms with van der Waals surface area (Å²) in [6.07, 6.45) is 5.02. The molecule has 92 valence electrons. The molecule has 1 heterocycles. The second kappa shape index (κ2) is 8.30. The normalized spacial score (nSPS) is 15.4. The van der Waals surface area contributed by atoms with Crippen LogP contribution in [-0.2, 0) is 9.53 Å². The van der Waals surface area contributed by atoms with E-state index in [2.05, 4.69) is 11.9 Å². The van der Waals surface area contributed by atoms with Crippen LogP contribution in [0.15, 0.2) is 12.7 Å². The highest BCUT2D eigenvalue weighted by atomic mass is 16.5. The maximum atomic E-state index is 11.6. The molecule has 0 saturated carbocycles. The molecule has 1 amide bonds. The molecule has 1 rings (SSSR count). The summed E-state index contributed by atoms with van der Waals surface area (Å²) in [7, 11) is 0. The van der Waals surface area contributed by atoms with Crippen LogP contribution in [0.25, 0.3) is 0 Å². The average Bonchev–Trinajstić information content (AvgIpc) is 2.81. The van der Waals surface area contributed by atoms with Crippen LogP contribution in [0.1, 0.15) is 19.3 Å². The summed E-state index contributed by atoms with van der Waals surface area (Å²) in [5.41, 5.74) is 0. The zero-order valence-corrected chi connectivity index (χ0v) is 9.91. The number of rotatable bonds is 8. The summed E-state index contributed by atoms with van der Waals surface area (Å²) in [6.45, 7) is 8.01. The lowest BCUT2D eigenvalue weighted by atomic mass is 10.4. The maximum Gasteiger partial charge on any atom is 0.236 e. The van der Waals surface area contributed by atoms with Crippen molar-refractivity contribution in [2.45, 2.75) is 19.3 Å². The number of hydrogen-bond donors (Lipinski definition) is 1. The molecular formula is C12H22N2O2. The van der Waals surface area contributed by atoms with Gasteiger partial charge in [0, 0.05) is 19.6 Å².